The molecular weight excluding hydrogens is 266 g/mol. The Morgan fingerprint density at radius 1 is 0.682 bits per heavy atom. The van der Waals surface area contributed by atoms with Crippen LogP contribution in [0.2, 0.25) is 0 Å². The van der Waals surface area contributed by atoms with E-state index in [-0.39, 0.29) is 5.41 Å². The zero-order valence-corrected chi connectivity index (χ0v) is 13.5. The molecule has 2 aromatic carbocycles. The lowest BCUT2D eigenvalue weighted by Crippen LogP contribution is -2.40. The summed E-state index contributed by atoms with van der Waals surface area (Å²) in [5.41, 5.74) is 5.10. The quantitative estimate of drug-likeness (QED) is 0.589. The average Bonchev–Trinajstić information content (AvgIpc) is 2.55. The van der Waals surface area contributed by atoms with Crippen molar-refractivity contribution in [3.63, 3.8) is 0 Å². The summed E-state index contributed by atoms with van der Waals surface area (Å²) in [5, 5.41) is 0. The molecular formula is C21H22N+. The van der Waals surface area contributed by atoms with E-state index in [4.69, 9.17) is 0 Å². The fourth-order valence-electron chi connectivity index (χ4n) is 2.70. The molecule has 0 fully saturated rings. The molecule has 0 N–H and O–H groups in total. The first kappa shape index (κ1) is 14.5. The van der Waals surface area contributed by atoms with Crippen LogP contribution in [0.25, 0.3) is 16.8 Å². The highest BCUT2D eigenvalue weighted by molar-refractivity contribution is 5.63. The Labute approximate surface area is 132 Å². The van der Waals surface area contributed by atoms with E-state index >= 15 is 0 Å². The number of para-hydroxylation sites is 1. The van der Waals surface area contributed by atoms with Crippen molar-refractivity contribution in [2.45, 2.75) is 26.2 Å². The number of pyridine rings is 1. The van der Waals surface area contributed by atoms with Gasteiger partial charge in [-0.2, -0.15) is 4.57 Å². The van der Waals surface area contributed by atoms with Crippen LogP contribution in [-0.4, -0.2) is 0 Å². The molecule has 0 aliphatic heterocycles. The Morgan fingerprint density at radius 2 is 1.27 bits per heavy atom. The van der Waals surface area contributed by atoms with Crippen LogP contribution in [0.15, 0.2) is 79.0 Å². The van der Waals surface area contributed by atoms with Crippen molar-refractivity contribution in [2.75, 3.05) is 0 Å². The van der Waals surface area contributed by atoms with E-state index in [1.54, 1.807) is 0 Å². The minimum absolute atomic E-state index is 0.0701. The fraction of sp³-hybridized carbons (Fsp3) is 0.190. The van der Waals surface area contributed by atoms with Crippen molar-refractivity contribution in [1.82, 2.24) is 0 Å². The number of aromatic nitrogens is 1. The minimum atomic E-state index is 0.0701. The molecule has 0 spiro atoms. The smallest absolute Gasteiger partial charge is 0.164 e. The Kier molecular flexibility index (Phi) is 3.81. The lowest BCUT2D eigenvalue weighted by molar-refractivity contribution is -0.608. The second-order valence-corrected chi connectivity index (χ2v) is 6.62. The lowest BCUT2D eigenvalue weighted by Gasteiger charge is -2.17. The van der Waals surface area contributed by atoms with E-state index in [1.165, 1.54) is 22.5 Å². The van der Waals surface area contributed by atoms with Gasteiger partial charge in [0.2, 0.25) is 5.69 Å². The van der Waals surface area contributed by atoms with Crippen molar-refractivity contribution >= 4 is 0 Å². The molecule has 0 bridgehead atoms. The van der Waals surface area contributed by atoms with Crippen LogP contribution in [-0.2, 0) is 5.41 Å². The summed E-state index contributed by atoms with van der Waals surface area (Å²) in [6.07, 6.45) is 2.18. The molecule has 1 heterocycles. The van der Waals surface area contributed by atoms with Crippen LogP contribution >= 0.6 is 0 Å². The van der Waals surface area contributed by atoms with Crippen LogP contribution in [0.3, 0.4) is 0 Å². The predicted octanol–water partition coefficient (Wildman–Crippen LogP) is 4.93. The Balaban J connectivity index is 2.17. The fourth-order valence-corrected chi connectivity index (χ4v) is 2.70. The molecule has 0 saturated carbocycles. The maximum atomic E-state index is 2.31. The number of hydrogen-bond donors (Lipinski definition) is 0. The van der Waals surface area contributed by atoms with Crippen LogP contribution in [0.1, 0.15) is 26.5 Å². The summed E-state index contributed by atoms with van der Waals surface area (Å²) in [7, 11) is 0. The molecule has 0 saturated heterocycles. The van der Waals surface area contributed by atoms with Gasteiger partial charge in [-0.15, -0.1) is 0 Å². The van der Waals surface area contributed by atoms with Gasteiger partial charge in [0.05, 0.1) is 0 Å². The zero-order chi connectivity index (χ0) is 15.6. The van der Waals surface area contributed by atoms with Crippen molar-refractivity contribution < 1.29 is 4.57 Å². The van der Waals surface area contributed by atoms with Crippen molar-refractivity contribution in [3.05, 3.63) is 84.7 Å². The maximum absolute atomic E-state index is 2.31. The van der Waals surface area contributed by atoms with E-state index in [9.17, 15) is 0 Å². The first-order valence-electron chi connectivity index (χ1n) is 7.73. The summed E-state index contributed by atoms with van der Waals surface area (Å²) >= 11 is 0. The second-order valence-electron chi connectivity index (χ2n) is 6.62. The minimum Gasteiger partial charge on any atom is -0.164 e. The van der Waals surface area contributed by atoms with Crippen LogP contribution in [0.4, 0.5) is 0 Å². The Morgan fingerprint density at radius 3 is 1.86 bits per heavy atom. The normalized spacial score (nSPS) is 11.4. The molecule has 110 valence electrons. The first-order valence-corrected chi connectivity index (χ1v) is 7.73. The van der Waals surface area contributed by atoms with Gasteiger partial charge < -0.3 is 0 Å². The van der Waals surface area contributed by atoms with E-state index in [2.05, 4.69) is 104 Å². The standard InChI is InChI=1S/C21H22N/c1-21(2,3)20-16-18(17-10-6-4-7-11-17)14-15-22(20)19-12-8-5-9-13-19/h4-16H,1-3H3/q+1. The van der Waals surface area contributed by atoms with Crippen molar-refractivity contribution in [1.29, 1.82) is 0 Å². The molecule has 0 atom stereocenters. The summed E-state index contributed by atoms with van der Waals surface area (Å²) < 4.78 is 2.28. The van der Waals surface area contributed by atoms with Crippen molar-refractivity contribution in [2.24, 2.45) is 0 Å². The van der Waals surface area contributed by atoms with E-state index < -0.39 is 0 Å². The second kappa shape index (κ2) is 5.76. The van der Waals surface area contributed by atoms with Gasteiger partial charge in [0.1, 0.15) is 0 Å². The summed E-state index contributed by atoms with van der Waals surface area (Å²) in [6, 6.07) is 25.6. The Hall–Kier alpha value is -2.41. The molecule has 0 amide bonds. The molecule has 1 nitrogen and oxygen atoms in total. The van der Waals surface area contributed by atoms with Gasteiger partial charge in [-0.1, -0.05) is 69.3 Å². The van der Waals surface area contributed by atoms with Gasteiger partial charge >= 0.3 is 0 Å². The third kappa shape index (κ3) is 2.94. The van der Waals surface area contributed by atoms with Gasteiger partial charge in [0.25, 0.3) is 0 Å². The van der Waals surface area contributed by atoms with Crippen molar-refractivity contribution in [3.8, 4) is 16.8 Å². The van der Waals surface area contributed by atoms with E-state index in [0.29, 0.717) is 0 Å². The number of rotatable bonds is 2. The van der Waals surface area contributed by atoms with E-state index in [0.717, 1.165) is 0 Å². The molecule has 0 aliphatic carbocycles. The predicted molar refractivity (Wildman–Crippen MR) is 92.1 cm³/mol. The van der Waals surface area contributed by atoms with Gasteiger partial charge in [-0.3, -0.25) is 0 Å². The van der Waals surface area contributed by atoms with Gasteiger partial charge in [0.15, 0.2) is 11.9 Å². The largest absolute Gasteiger partial charge is 0.210 e. The number of nitrogens with zero attached hydrogens (tertiary/aromatic N) is 1. The molecule has 0 radical (unpaired) electrons. The summed E-state index contributed by atoms with van der Waals surface area (Å²) in [6.45, 7) is 6.78. The molecule has 1 aromatic heterocycles. The molecule has 3 aromatic rings. The van der Waals surface area contributed by atoms with Crippen LogP contribution in [0, 0.1) is 0 Å². The van der Waals surface area contributed by atoms with Crippen LogP contribution < -0.4 is 4.57 Å². The Bertz CT molecular complexity index is 753. The van der Waals surface area contributed by atoms with Gasteiger partial charge in [-0.25, -0.2) is 0 Å². The lowest BCUT2D eigenvalue weighted by atomic mass is 9.89. The molecule has 0 aliphatic rings. The zero-order valence-electron chi connectivity index (χ0n) is 13.5. The van der Waals surface area contributed by atoms with Gasteiger partial charge in [0, 0.05) is 29.7 Å². The summed E-state index contributed by atoms with van der Waals surface area (Å²) in [4.78, 5) is 0. The highest BCUT2D eigenvalue weighted by Gasteiger charge is 2.27. The number of hydrogen-bond acceptors (Lipinski definition) is 0. The van der Waals surface area contributed by atoms with Crippen LogP contribution in [0.5, 0.6) is 0 Å². The molecule has 0 unspecified atom stereocenters. The summed E-state index contributed by atoms with van der Waals surface area (Å²) in [5.74, 6) is 0. The first-order chi connectivity index (χ1) is 10.6. The van der Waals surface area contributed by atoms with E-state index in [1.807, 2.05) is 0 Å². The SMILES string of the molecule is CC(C)(C)c1cc(-c2ccccc2)cc[n+]1-c1ccccc1. The van der Waals surface area contributed by atoms with Gasteiger partial charge in [-0.05, 0) is 11.1 Å². The monoisotopic (exact) mass is 288 g/mol. The highest BCUT2D eigenvalue weighted by Crippen LogP contribution is 2.25. The highest BCUT2D eigenvalue weighted by atomic mass is 15.0. The molecule has 22 heavy (non-hydrogen) atoms. The number of benzene rings is 2. The third-order valence-electron chi connectivity index (χ3n) is 3.86. The third-order valence-corrected chi connectivity index (χ3v) is 3.86. The average molecular weight is 288 g/mol. The molecule has 1 heteroatoms. The maximum Gasteiger partial charge on any atom is 0.210 e. The molecule has 3 rings (SSSR count). The topological polar surface area (TPSA) is 3.88 Å².